The van der Waals surface area contributed by atoms with Gasteiger partial charge in [-0.2, -0.15) is 0 Å². The molecule has 1 atom stereocenters. The van der Waals surface area contributed by atoms with Crippen LogP contribution in [0.3, 0.4) is 0 Å². The quantitative estimate of drug-likeness (QED) is 0.559. The molecular formula is C15H12BrCl2F. The fourth-order valence-corrected chi connectivity index (χ4v) is 2.99. The molecule has 0 nitrogen and oxygen atoms in total. The Morgan fingerprint density at radius 2 is 1.74 bits per heavy atom. The van der Waals surface area contributed by atoms with Crippen LogP contribution in [0.4, 0.5) is 4.39 Å². The van der Waals surface area contributed by atoms with Gasteiger partial charge in [-0.1, -0.05) is 33.6 Å². The van der Waals surface area contributed by atoms with Crippen LogP contribution in [0.2, 0.25) is 5.02 Å². The molecule has 4 heteroatoms. The molecule has 0 fully saturated rings. The smallest absolute Gasteiger partial charge is 0.128 e. The highest BCUT2D eigenvalue weighted by Crippen LogP contribution is 2.35. The predicted octanol–water partition coefficient (Wildman–Crippen LogP) is 6.19. The van der Waals surface area contributed by atoms with E-state index in [4.69, 9.17) is 23.2 Å². The van der Waals surface area contributed by atoms with E-state index in [0.29, 0.717) is 10.6 Å². The van der Waals surface area contributed by atoms with E-state index in [1.807, 2.05) is 26.0 Å². The highest BCUT2D eigenvalue weighted by molar-refractivity contribution is 9.10. The third kappa shape index (κ3) is 3.13. The van der Waals surface area contributed by atoms with E-state index >= 15 is 0 Å². The van der Waals surface area contributed by atoms with Gasteiger partial charge >= 0.3 is 0 Å². The lowest BCUT2D eigenvalue weighted by Gasteiger charge is -2.16. The molecule has 0 aromatic heterocycles. The van der Waals surface area contributed by atoms with Gasteiger partial charge in [0.25, 0.3) is 0 Å². The highest BCUT2D eigenvalue weighted by Gasteiger charge is 2.18. The maximum absolute atomic E-state index is 13.9. The van der Waals surface area contributed by atoms with Gasteiger partial charge in [-0.05, 0) is 54.8 Å². The molecule has 0 radical (unpaired) electrons. The van der Waals surface area contributed by atoms with Gasteiger partial charge in [-0.3, -0.25) is 0 Å². The Hall–Kier alpha value is -0.570. The van der Waals surface area contributed by atoms with E-state index in [0.717, 1.165) is 21.2 Å². The van der Waals surface area contributed by atoms with Crippen molar-refractivity contribution in [3.8, 4) is 0 Å². The summed E-state index contributed by atoms with van der Waals surface area (Å²) in [5.74, 6) is -0.343. The van der Waals surface area contributed by atoms with Crippen molar-refractivity contribution in [2.24, 2.45) is 0 Å². The first-order valence-electron chi connectivity index (χ1n) is 5.76. The molecule has 0 aliphatic heterocycles. The summed E-state index contributed by atoms with van der Waals surface area (Å²) in [6.07, 6.45) is 0. The molecule has 0 bridgehead atoms. The average molecular weight is 362 g/mol. The number of hydrogen-bond acceptors (Lipinski definition) is 0. The number of halogens is 4. The highest BCUT2D eigenvalue weighted by atomic mass is 79.9. The molecule has 0 saturated heterocycles. The summed E-state index contributed by atoms with van der Waals surface area (Å²) in [4.78, 5) is 0. The van der Waals surface area contributed by atoms with Crippen molar-refractivity contribution in [2.45, 2.75) is 19.2 Å². The number of aryl methyl sites for hydroxylation is 2. The molecular weight excluding hydrogens is 350 g/mol. The monoisotopic (exact) mass is 360 g/mol. The topological polar surface area (TPSA) is 0 Å². The largest absolute Gasteiger partial charge is 0.207 e. The summed E-state index contributed by atoms with van der Waals surface area (Å²) in [6, 6.07) is 8.39. The summed E-state index contributed by atoms with van der Waals surface area (Å²) in [5.41, 5.74) is 3.37. The summed E-state index contributed by atoms with van der Waals surface area (Å²) in [5, 5.41) is -0.0703. The maximum Gasteiger partial charge on any atom is 0.128 e. The zero-order valence-electron chi connectivity index (χ0n) is 10.5. The van der Waals surface area contributed by atoms with E-state index in [2.05, 4.69) is 15.9 Å². The average Bonchev–Trinajstić information content (AvgIpc) is 2.36. The minimum Gasteiger partial charge on any atom is -0.207 e. The summed E-state index contributed by atoms with van der Waals surface area (Å²) in [7, 11) is 0. The Balaban J connectivity index is 2.52. The zero-order valence-corrected chi connectivity index (χ0v) is 13.6. The fraction of sp³-hybridized carbons (Fsp3) is 0.200. The van der Waals surface area contributed by atoms with Crippen LogP contribution < -0.4 is 0 Å². The molecule has 2 rings (SSSR count). The molecule has 0 N–H and O–H groups in total. The predicted molar refractivity (Wildman–Crippen MR) is 82.7 cm³/mol. The van der Waals surface area contributed by atoms with Crippen molar-refractivity contribution in [3.05, 3.63) is 67.9 Å². The molecule has 0 aliphatic rings. The first-order chi connectivity index (χ1) is 8.90. The zero-order chi connectivity index (χ0) is 14.2. The van der Waals surface area contributed by atoms with Gasteiger partial charge in [0, 0.05) is 15.1 Å². The Morgan fingerprint density at radius 3 is 2.42 bits per heavy atom. The van der Waals surface area contributed by atoms with E-state index in [1.54, 1.807) is 6.07 Å². The van der Waals surface area contributed by atoms with Gasteiger partial charge in [-0.25, -0.2) is 4.39 Å². The van der Waals surface area contributed by atoms with E-state index in [-0.39, 0.29) is 5.82 Å². The first-order valence-corrected chi connectivity index (χ1v) is 7.36. The first kappa shape index (κ1) is 14.8. The fourth-order valence-electron chi connectivity index (χ4n) is 1.95. The van der Waals surface area contributed by atoms with E-state index in [9.17, 15) is 4.39 Å². The third-order valence-corrected chi connectivity index (χ3v) is 4.61. The summed E-state index contributed by atoms with van der Waals surface area (Å²) in [6.45, 7) is 3.93. The van der Waals surface area contributed by atoms with Gasteiger partial charge in [0.1, 0.15) is 5.82 Å². The Labute approximate surface area is 130 Å². The van der Waals surface area contributed by atoms with Crippen LogP contribution in [0.1, 0.15) is 27.6 Å². The van der Waals surface area contributed by atoms with Crippen molar-refractivity contribution in [1.82, 2.24) is 0 Å². The van der Waals surface area contributed by atoms with Gasteiger partial charge in [-0.15, -0.1) is 11.6 Å². The third-order valence-electron chi connectivity index (χ3n) is 3.05. The molecule has 0 aliphatic carbocycles. The van der Waals surface area contributed by atoms with Crippen LogP contribution in [0.15, 0.2) is 34.8 Å². The normalized spacial score (nSPS) is 12.5. The van der Waals surface area contributed by atoms with Crippen LogP contribution in [0.5, 0.6) is 0 Å². The molecule has 100 valence electrons. The Kier molecular flexibility index (Phi) is 4.54. The second-order valence-electron chi connectivity index (χ2n) is 4.49. The second-order valence-corrected chi connectivity index (χ2v) is 6.21. The molecule has 19 heavy (non-hydrogen) atoms. The Morgan fingerprint density at radius 1 is 1.05 bits per heavy atom. The van der Waals surface area contributed by atoms with Gasteiger partial charge in [0.15, 0.2) is 0 Å². The minimum absolute atomic E-state index is 0.343. The lowest BCUT2D eigenvalue weighted by atomic mass is 9.98. The van der Waals surface area contributed by atoms with E-state index < -0.39 is 5.38 Å². The van der Waals surface area contributed by atoms with Crippen molar-refractivity contribution in [3.63, 3.8) is 0 Å². The summed E-state index contributed by atoms with van der Waals surface area (Å²) >= 11 is 15.8. The summed E-state index contributed by atoms with van der Waals surface area (Å²) < 4.78 is 14.9. The maximum atomic E-state index is 13.9. The lowest BCUT2D eigenvalue weighted by molar-refractivity contribution is 0.612. The van der Waals surface area contributed by atoms with Crippen molar-refractivity contribution < 1.29 is 4.39 Å². The number of alkyl halides is 1. The number of rotatable bonds is 2. The van der Waals surface area contributed by atoms with Gasteiger partial charge in [0.2, 0.25) is 0 Å². The van der Waals surface area contributed by atoms with Crippen LogP contribution in [-0.4, -0.2) is 0 Å². The number of hydrogen-bond donors (Lipinski definition) is 0. The van der Waals surface area contributed by atoms with Crippen molar-refractivity contribution in [1.29, 1.82) is 0 Å². The van der Waals surface area contributed by atoms with Crippen LogP contribution in [-0.2, 0) is 0 Å². The minimum atomic E-state index is -0.550. The van der Waals surface area contributed by atoms with Gasteiger partial charge in [0.05, 0.1) is 5.38 Å². The van der Waals surface area contributed by atoms with Crippen molar-refractivity contribution >= 4 is 39.1 Å². The number of benzene rings is 2. The van der Waals surface area contributed by atoms with Crippen LogP contribution >= 0.6 is 39.1 Å². The molecule has 2 aromatic rings. The SMILES string of the molecule is Cc1cc(C(Cl)c2cc(Cl)ccc2F)c(C)cc1Br. The van der Waals surface area contributed by atoms with Gasteiger partial charge < -0.3 is 0 Å². The molecule has 1 unspecified atom stereocenters. The molecule has 0 saturated carbocycles. The molecule has 2 aromatic carbocycles. The standard InChI is InChI=1S/C15H12BrCl2F/c1-8-6-13(16)9(2)5-11(8)15(18)12-7-10(17)3-4-14(12)19/h3-7,15H,1-2H3. The van der Waals surface area contributed by atoms with Crippen LogP contribution in [0.25, 0.3) is 0 Å². The molecule has 0 amide bonds. The lowest BCUT2D eigenvalue weighted by Crippen LogP contribution is -2.00. The molecule has 0 spiro atoms. The second kappa shape index (κ2) is 5.82. The molecule has 0 heterocycles. The van der Waals surface area contributed by atoms with Crippen molar-refractivity contribution in [2.75, 3.05) is 0 Å². The van der Waals surface area contributed by atoms with E-state index in [1.165, 1.54) is 12.1 Å². The van der Waals surface area contributed by atoms with Crippen LogP contribution in [0, 0.1) is 19.7 Å². The Bertz CT molecular complexity index is 626.